The number of benzene rings is 2. The molecule has 1 saturated heterocycles. The number of hydrogen-bond donors (Lipinski definition) is 1. The van der Waals surface area contributed by atoms with Crippen LogP contribution in [-0.2, 0) is 4.79 Å². The van der Waals surface area contributed by atoms with Crippen LogP contribution in [0.25, 0.3) is 0 Å². The number of anilines is 1. The highest BCUT2D eigenvalue weighted by molar-refractivity contribution is 6.03. The van der Waals surface area contributed by atoms with Crippen LogP contribution in [0.15, 0.2) is 36.4 Å². The zero-order chi connectivity index (χ0) is 22.8. The Labute approximate surface area is 189 Å². The van der Waals surface area contributed by atoms with E-state index in [1.165, 1.54) is 0 Å². The summed E-state index contributed by atoms with van der Waals surface area (Å²) in [5, 5.41) is 3.08. The van der Waals surface area contributed by atoms with E-state index in [1.807, 2.05) is 43.0 Å². The molecule has 170 valence electrons. The highest BCUT2D eigenvalue weighted by Crippen LogP contribution is 2.41. The third-order valence-electron chi connectivity index (χ3n) is 7.03. The number of rotatable bonds is 5. The summed E-state index contributed by atoms with van der Waals surface area (Å²) in [6.45, 7) is 3.92. The summed E-state index contributed by atoms with van der Waals surface area (Å²) in [4.78, 5) is 29.1. The lowest BCUT2D eigenvalue weighted by Gasteiger charge is -2.34. The molecule has 0 bridgehead atoms. The molecule has 2 fully saturated rings. The van der Waals surface area contributed by atoms with Crippen LogP contribution in [0.3, 0.4) is 0 Å². The van der Waals surface area contributed by atoms with Crippen molar-refractivity contribution >= 4 is 17.5 Å². The molecule has 0 spiro atoms. The SMILES string of the molecule is COc1ccccc1C(=O)N1C(C(=O)Nc2ccc(C)c(OC)c2C)CC2CCCCC21. The minimum Gasteiger partial charge on any atom is -0.496 e. The Morgan fingerprint density at radius 1 is 1.00 bits per heavy atom. The monoisotopic (exact) mass is 436 g/mol. The first-order chi connectivity index (χ1) is 15.5. The molecule has 2 aliphatic rings. The molecule has 1 aliphatic carbocycles. The van der Waals surface area contributed by atoms with Crippen molar-refractivity contribution in [2.45, 2.75) is 58.0 Å². The average Bonchev–Trinajstić information content (AvgIpc) is 3.20. The van der Waals surface area contributed by atoms with Crippen LogP contribution in [0.4, 0.5) is 5.69 Å². The van der Waals surface area contributed by atoms with Crippen LogP contribution < -0.4 is 14.8 Å². The van der Waals surface area contributed by atoms with E-state index in [0.717, 1.165) is 48.2 Å². The van der Waals surface area contributed by atoms with Crippen LogP contribution in [0, 0.1) is 19.8 Å². The molecule has 3 unspecified atom stereocenters. The first-order valence-corrected chi connectivity index (χ1v) is 11.4. The predicted molar refractivity (Wildman–Crippen MR) is 124 cm³/mol. The predicted octanol–water partition coefficient (Wildman–Crippen LogP) is 4.73. The zero-order valence-corrected chi connectivity index (χ0v) is 19.3. The lowest BCUT2D eigenvalue weighted by molar-refractivity contribution is -0.120. The van der Waals surface area contributed by atoms with Gasteiger partial charge in [0, 0.05) is 17.3 Å². The van der Waals surface area contributed by atoms with E-state index in [-0.39, 0.29) is 17.9 Å². The molecule has 32 heavy (non-hydrogen) atoms. The lowest BCUT2D eigenvalue weighted by atomic mass is 9.84. The minimum atomic E-state index is -0.507. The smallest absolute Gasteiger partial charge is 0.258 e. The third-order valence-corrected chi connectivity index (χ3v) is 7.03. The third kappa shape index (κ3) is 3.94. The number of methoxy groups -OCH3 is 2. The van der Waals surface area contributed by atoms with Gasteiger partial charge in [-0.2, -0.15) is 0 Å². The number of amides is 2. The van der Waals surface area contributed by atoms with Gasteiger partial charge in [-0.05, 0) is 62.8 Å². The maximum absolute atomic E-state index is 13.7. The number of nitrogens with one attached hydrogen (secondary N) is 1. The minimum absolute atomic E-state index is 0.0885. The second-order valence-corrected chi connectivity index (χ2v) is 8.85. The summed E-state index contributed by atoms with van der Waals surface area (Å²) < 4.78 is 11.0. The number of para-hydroxylation sites is 1. The molecule has 1 N–H and O–H groups in total. The second kappa shape index (κ2) is 9.23. The average molecular weight is 437 g/mol. The van der Waals surface area contributed by atoms with Gasteiger partial charge in [-0.1, -0.05) is 31.0 Å². The van der Waals surface area contributed by atoms with E-state index >= 15 is 0 Å². The van der Waals surface area contributed by atoms with Crippen molar-refractivity contribution in [3.8, 4) is 11.5 Å². The Hall–Kier alpha value is -3.02. The molecule has 0 aromatic heterocycles. The quantitative estimate of drug-likeness (QED) is 0.736. The van der Waals surface area contributed by atoms with E-state index < -0.39 is 6.04 Å². The first-order valence-electron chi connectivity index (χ1n) is 11.4. The highest BCUT2D eigenvalue weighted by atomic mass is 16.5. The lowest BCUT2D eigenvalue weighted by Crippen LogP contribution is -2.48. The fourth-order valence-corrected chi connectivity index (χ4v) is 5.44. The van der Waals surface area contributed by atoms with Gasteiger partial charge >= 0.3 is 0 Å². The molecule has 2 aromatic rings. The fraction of sp³-hybridized carbons (Fsp3) is 0.462. The summed E-state index contributed by atoms with van der Waals surface area (Å²) in [5.41, 5.74) is 3.13. The fourth-order valence-electron chi connectivity index (χ4n) is 5.44. The maximum Gasteiger partial charge on any atom is 0.258 e. The molecule has 6 nitrogen and oxygen atoms in total. The second-order valence-electron chi connectivity index (χ2n) is 8.85. The number of aryl methyl sites for hydroxylation is 1. The number of nitrogens with zero attached hydrogens (tertiary/aromatic N) is 1. The van der Waals surface area contributed by atoms with Crippen molar-refractivity contribution < 1.29 is 19.1 Å². The van der Waals surface area contributed by atoms with Crippen LogP contribution in [0.2, 0.25) is 0 Å². The van der Waals surface area contributed by atoms with Gasteiger partial charge in [-0.15, -0.1) is 0 Å². The van der Waals surface area contributed by atoms with Crippen molar-refractivity contribution in [3.05, 3.63) is 53.1 Å². The number of carbonyl (C=O) groups is 2. The molecule has 2 aromatic carbocycles. The van der Waals surface area contributed by atoms with Gasteiger partial charge in [0.05, 0.1) is 19.8 Å². The summed E-state index contributed by atoms with van der Waals surface area (Å²) >= 11 is 0. The summed E-state index contributed by atoms with van der Waals surface area (Å²) in [5.74, 6) is 1.39. The van der Waals surface area contributed by atoms with E-state index in [1.54, 1.807) is 26.4 Å². The number of fused-ring (bicyclic) bond motifs is 1. The van der Waals surface area contributed by atoms with E-state index in [0.29, 0.717) is 23.7 Å². The zero-order valence-electron chi connectivity index (χ0n) is 19.3. The van der Waals surface area contributed by atoms with Crippen LogP contribution in [0.1, 0.15) is 53.6 Å². The van der Waals surface area contributed by atoms with Gasteiger partial charge in [0.2, 0.25) is 5.91 Å². The van der Waals surface area contributed by atoms with E-state index in [9.17, 15) is 9.59 Å². The molecule has 1 saturated carbocycles. The molecule has 6 heteroatoms. The number of carbonyl (C=O) groups excluding carboxylic acids is 2. The molecule has 1 aliphatic heterocycles. The number of ether oxygens (including phenoxy) is 2. The largest absolute Gasteiger partial charge is 0.496 e. The molecule has 4 rings (SSSR count). The summed E-state index contributed by atoms with van der Waals surface area (Å²) in [7, 11) is 3.20. The number of likely N-dealkylation sites (tertiary alicyclic amines) is 1. The summed E-state index contributed by atoms with van der Waals surface area (Å²) in [6.07, 6.45) is 4.92. The number of hydrogen-bond acceptors (Lipinski definition) is 4. The van der Waals surface area contributed by atoms with Gasteiger partial charge in [0.15, 0.2) is 0 Å². The topological polar surface area (TPSA) is 67.9 Å². The van der Waals surface area contributed by atoms with Crippen LogP contribution >= 0.6 is 0 Å². The molecule has 1 heterocycles. The molecule has 3 atom stereocenters. The van der Waals surface area contributed by atoms with Crippen LogP contribution in [0.5, 0.6) is 11.5 Å². The molecule has 2 amide bonds. The van der Waals surface area contributed by atoms with Gasteiger partial charge in [-0.3, -0.25) is 9.59 Å². The molecular formula is C26H32N2O4. The molecular weight excluding hydrogens is 404 g/mol. The Morgan fingerprint density at radius 3 is 2.50 bits per heavy atom. The van der Waals surface area contributed by atoms with Crippen molar-refractivity contribution in [2.24, 2.45) is 5.92 Å². The standard InChI is InChI=1S/C26H32N2O4/c1-16-13-14-20(17(2)24(16)32-4)27-25(29)22-15-18-9-5-7-11-21(18)28(22)26(30)19-10-6-8-12-23(19)31-3/h6,8,10,12-14,18,21-22H,5,7,9,11,15H2,1-4H3,(H,27,29). The maximum atomic E-state index is 13.7. The van der Waals surface area contributed by atoms with Crippen molar-refractivity contribution in [2.75, 3.05) is 19.5 Å². The van der Waals surface area contributed by atoms with Gasteiger partial charge < -0.3 is 19.7 Å². The van der Waals surface area contributed by atoms with Crippen molar-refractivity contribution in [3.63, 3.8) is 0 Å². The van der Waals surface area contributed by atoms with Gasteiger partial charge in [0.25, 0.3) is 5.91 Å². The summed E-state index contributed by atoms with van der Waals surface area (Å²) in [6, 6.07) is 10.7. The Balaban J connectivity index is 1.65. The molecule has 0 radical (unpaired) electrons. The first kappa shape index (κ1) is 22.2. The normalized spacial score (nSPS) is 22.2. The van der Waals surface area contributed by atoms with Gasteiger partial charge in [0.1, 0.15) is 17.5 Å². The Morgan fingerprint density at radius 2 is 1.75 bits per heavy atom. The van der Waals surface area contributed by atoms with E-state index in [4.69, 9.17) is 9.47 Å². The Bertz CT molecular complexity index is 1020. The van der Waals surface area contributed by atoms with Crippen LogP contribution in [-0.4, -0.2) is 43.0 Å². The van der Waals surface area contributed by atoms with Crippen molar-refractivity contribution in [1.29, 1.82) is 0 Å². The van der Waals surface area contributed by atoms with Crippen molar-refractivity contribution in [1.82, 2.24) is 4.90 Å². The van der Waals surface area contributed by atoms with E-state index in [2.05, 4.69) is 5.32 Å². The van der Waals surface area contributed by atoms with Gasteiger partial charge in [-0.25, -0.2) is 0 Å². The highest BCUT2D eigenvalue weighted by Gasteiger charge is 2.48. The Kier molecular flexibility index (Phi) is 6.40.